The minimum Gasteiger partial charge on any atom is -0.443 e. The highest BCUT2D eigenvalue weighted by Crippen LogP contribution is 2.45. The van der Waals surface area contributed by atoms with Gasteiger partial charge in [0.25, 0.3) is 0 Å². The third-order valence-electron chi connectivity index (χ3n) is 6.23. The van der Waals surface area contributed by atoms with Gasteiger partial charge in [0.2, 0.25) is 5.95 Å². The van der Waals surface area contributed by atoms with Crippen molar-refractivity contribution in [2.75, 3.05) is 16.8 Å². The number of aromatic nitrogens is 3. The molecule has 9 heteroatoms. The smallest absolute Gasteiger partial charge is 0.414 e. The van der Waals surface area contributed by atoms with E-state index in [0.717, 1.165) is 27.7 Å². The van der Waals surface area contributed by atoms with Gasteiger partial charge in [0.15, 0.2) is 0 Å². The lowest BCUT2D eigenvalue weighted by Gasteiger charge is -2.26. The van der Waals surface area contributed by atoms with Crippen molar-refractivity contribution in [1.82, 2.24) is 15.0 Å². The number of rotatable bonds is 3. The minimum atomic E-state index is -0.643. The summed E-state index contributed by atoms with van der Waals surface area (Å²) in [6.07, 6.45) is 3.05. The van der Waals surface area contributed by atoms with Crippen LogP contribution in [0.25, 0.3) is 22.2 Å². The lowest BCUT2D eigenvalue weighted by atomic mass is 9.85. The molecule has 3 heterocycles. The van der Waals surface area contributed by atoms with Gasteiger partial charge >= 0.3 is 6.09 Å². The highest BCUT2D eigenvalue weighted by molar-refractivity contribution is 6.31. The number of carbonyl (C=O) groups is 1. The predicted octanol–water partition coefficient (Wildman–Crippen LogP) is 6.93. The molecule has 0 fully saturated rings. The zero-order valence-corrected chi connectivity index (χ0v) is 22.1. The average Bonchev–Trinajstić information content (AvgIpc) is 3.40. The summed E-state index contributed by atoms with van der Waals surface area (Å²) in [5.41, 5.74) is 3.94. The maximum atomic E-state index is 13.0. The fourth-order valence-corrected chi connectivity index (χ4v) is 4.86. The predicted molar refractivity (Wildman–Crippen MR) is 145 cm³/mol. The number of ether oxygens (including phenoxy) is 1. The maximum Gasteiger partial charge on any atom is 0.414 e. The van der Waals surface area contributed by atoms with E-state index in [-0.39, 0.29) is 5.41 Å². The number of hydrogen-bond acceptors (Lipinski definition) is 6. The van der Waals surface area contributed by atoms with E-state index >= 15 is 0 Å². The Morgan fingerprint density at radius 2 is 2.03 bits per heavy atom. The number of amides is 1. The Hall–Kier alpha value is -4.09. The minimum absolute atomic E-state index is 0.386. The van der Waals surface area contributed by atoms with Crippen LogP contribution in [-0.4, -0.2) is 33.2 Å². The summed E-state index contributed by atoms with van der Waals surface area (Å²) in [6, 6.07) is 13.5. The van der Waals surface area contributed by atoms with Crippen molar-refractivity contribution in [1.29, 1.82) is 5.26 Å². The average molecular weight is 515 g/mol. The van der Waals surface area contributed by atoms with Crippen LogP contribution in [0, 0.1) is 11.3 Å². The molecule has 1 aliphatic heterocycles. The number of nitrogens with zero attached hydrogens (tertiary/aromatic N) is 4. The van der Waals surface area contributed by atoms with Crippen molar-refractivity contribution in [3.63, 3.8) is 0 Å². The van der Waals surface area contributed by atoms with Crippen molar-refractivity contribution in [3.8, 4) is 17.3 Å². The van der Waals surface area contributed by atoms with Crippen LogP contribution in [0.15, 0.2) is 48.8 Å². The molecule has 37 heavy (non-hydrogen) atoms. The molecular weight excluding hydrogens is 488 g/mol. The number of nitriles is 1. The van der Waals surface area contributed by atoms with Gasteiger partial charge in [-0.1, -0.05) is 25.4 Å². The van der Waals surface area contributed by atoms with Gasteiger partial charge in [0.1, 0.15) is 11.7 Å². The van der Waals surface area contributed by atoms with Gasteiger partial charge < -0.3 is 15.0 Å². The molecule has 0 saturated heterocycles. The molecule has 5 rings (SSSR count). The first-order valence-corrected chi connectivity index (χ1v) is 12.3. The van der Waals surface area contributed by atoms with Crippen molar-refractivity contribution in [3.05, 3.63) is 64.9 Å². The van der Waals surface area contributed by atoms with Crippen LogP contribution in [0.3, 0.4) is 0 Å². The molecule has 2 aromatic heterocycles. The van der Waals surface area contributed by atoms with Crippen LogP contribution in [0.1, 0.15) is 45.7 Å². The van der Waals surface area contributed by atoms with Crippen LogP contribution in [-0.2, 0) is 10.2 Å². The van der Waals surface area contributed by atoms with E-state index in [9.17, 15) is 10.1 Å². The van der Waals surface area contributed by atoms with Gasteiger partial charge in [-0.2, -0.15) is 5.26 Å². The molecule has 0 bridgehead atoms. The highest BCUT2D eigenvalue weighted by Gasteiger charge is 2.42. The van der Waals surface area contributed by atoms with Crippen LogP contribution >= 0.6 is 11.6 Å². The van der Waals surface area contributed by atoms with E-state index in [1.165, 1.54) is 0 Å². The molecule has 4 aromatic rings. The molecule has 1 amide bonds. The Labute approximate surface area is 220 Å². The molecule has 0 aliphatic carbocycles. The maximum absolute atomic E-state index is 13.0. The second-order valence-electron chi connectivity index (χ2n) is 10.8. The van der Waals surface area contributed by atoms with E-state index < -0.39 is 11.7 Å². The van der Waals surface area contributed by atoms with E-state index in [4.69, 9.17) is 21.3 Å². The molecule has 0 atom stereocenters. The van der Waals surface area contributed by atoms with Crippen LogP contribution in [0.5, 0.6) is 0 Å². The summed E-state index contributed by atoms with van der Waals surface area (Å²) >= 11 is 6.29. The summed E-state index contributed by atoms with van der Waals surface area (Å²) in [6.45, 7) is 9.99. The van der Waals surface area contributed by atoms with Crippen LogP contribution < -0.4 is 10.2 Å². The second kappa shape index (κ2) is 8.79. The molecule has 2 aromatic carbocycles. The number of fused-ring (bicyclic) bond motifs is 2. The fourth-order valence-electron chi connectivity index (χ4n) is 4.64. The first-order valence-electron chi connectivity index (χ1n) is 11.9. The van der Waals surface area contributed by atoms with Crippen molar-refractivity contribution in [2.45, 2.75) is 45.6 Å². The summed E-state index contributed by atoms with van der Waals surface area (Å²) in [7, 11) is 0. The first kappa shape index (κ1) is 24.6. The zero-order valence-electron chi connectivity index (χ0n) is 21.3. The number of benzene rings is 2. The van der Waals surface area contributed by atoms with Gasteiger partial charge in [0, 0.05) is 45.8 Å². The van der Waals surface area contributed by atoms with E-state index in [2.05, 4.69) is 35.2 Å². The van der Waals surface area contributed by atoms with Gasteiger partial charge in [-0.3, -0.25) is 4.90 Å². The number of hydrogen-bond donors (Lipinski definition) is 2. The number of halogens is 1. The summed E-state index contributed by atoms with van der Waals surface area (Å²) in [5, 5.41) is 14.9. The van der Waals surface area contributed by atoms with E-state index in [0.29, 0.717) is 34.5 Å². The fraction of sp³-hybridized carbons (Fsp3) is 0.286. The molecule has 0 unspecified atom stereocenters. The zero-order chi connectivity index (χ0) is 26.5. The third kappa shape index (κ3) is 4.70. The standard InChI is InChI=1S/C28H27ClN6O2/c1-27(2,3)37-26(36)35-15-28(4,5)20-11-16(10-17(14-30)24(20)35)21-7-9-32-25(33-21)34-23-13-18(29)12-22-19(23)6-8-31-22/h6-13,31H,15H2,1-5H3,(H,32,33,34). The third-order valence-corrected chi connectivity index (χ3v) is 6.45. The highest BCUT2D eigenvalue weighted by atomic mass is 35.5. The molecule has 188 valence electrons. The van der Waals surface area contributed by atoms with Gasteiger partial charge in [-0.05, 0) is 62.7 Å². The molecule has 1 aliphatic rings. The number of aromatic amines is 1. The summed E-state index contributed by atoms with van der Waals surface area (Å²) < 4.78 is 5.63. The Kier molecular flexibility index (Phi) is 5.84. The second-order valence-corrected chi connectivity index (χ2v) is 11.2. The monoisotopic (exact) mass is 514 g/mol. The van der Waals surface area contributed by atoms with E-state index in [1.54, 1.807) is 23.2 Å². The molecule has 0 radical (unpaired) electrons. The Balaban J connectivity index is 1.54. The Morgan fingerprint density at radius 1 is 1.24 bits per heavy atom. The van der Waals surface area contributed by atoms with Crippen molar-refractivity contribution >= 4 is 45.9 Å². The normalized spacial score (nSPS) is 14.4. The lowest BCUT2D eigenvalue weighted by molar-refractivity contribution is 0.0579. The SMILES string of the molecule is CC(C)(C)OC(=O)N1CC(C)(C)c2cc(-c3ccnc(Nc4cc(Cl)cc5[nH]ccc45)n3)cc(C#N)c21. The topological polar surface area (TPSA) is 107 Å². The molecular formula is C28H27ClN6O2. The molecule has 0 spiro atoms. The number of H-pyrrole nitrogens is 1. The number of anilines is 3. The lowest BCUT2D eigenvalue weighted by Crippen LogP contribution is -2.38. The molecule has 8 nitrogen and oxygen atoms in total. The van der Waals surface area contributed by atoms with Crippen molar-refractivity contribution < 1.29 is 9.53 Å². The Bertz CT molecular complexity index is 1580. The van der Waals surface area contributed by atoms with Crippen LogP contribution in [0.2, 0.25) is 5.02 Å². The quantitative estimate of drug-likeness (QED) is 0.307. The van der Waals surface area contributed by atoms with E-state index in [1.807, 2.05) is 51.2 Å². The molecule has 2 N–H and O–H groups in total. The molecule has 0 saturated carbocycles. The number of nitrogens with one attached hydrogen (secondary N) is 2. The number of carbonyl (C=O) groups excluding carboxylic acids is 1. The Morgan fingerprint density at radius 3 is 2.76 bits per heavy atom. The largest absolute Gasteiger partial charge is 0.443 e. The first-order chi connectivity index (χ1) is 17.4. The van der Waals surface area contributed by atoms with Crippen LogP contribution in [0.4, 0.5) is 22.1 Å². The van der Waals surface area contributed by atoms with Gasteiger partial charge in [-0.25, -0.2) is 14.8 Å². The summed E-state index contributed by atoms with van der Waals surface area (Å²) in [5.74, 6) is 0.399. The summed E-state index contributed by atoms with van der Waals surface area (Å²) in [4.78, 5) is 26.8. The van der Waals surface area contributed by atoms with Gasteiger partial charge in [0.05, 0.1) is 22.6 Å². The van der Waals surface area contributed by atoms with Crippen molar-refractivity contribution in [2.24, 2.45) is 0 Å². The van der Waals surface area contributed by atoms with Gasteiger partial charge in [-0.15, -0.1) is 0 Å².